The van der Waals surface area contributed by atoms with Crippen LogP contribution in [0.1, 0.15) is 43.8 Å². The van der Waals surface area contributed by atoms with Crippen LogP contribution < -0.4 is 5.32 Å². The van der Waals surface area contributed by atoms with Crippen LogP contribution in [0, 0.1) is 18.3 Å². The number of aromatic amines is 1. The molecule has 5 heterocycles. The van der Waals surface area contributed by atoms with E-state index < -0.39 is 0 Å². The molecule has 2 bridgehead atoms. The summed E-state index contributed by atoms with van der Waals surface area (Å²) in [5.74, 6) is 1.39. The van der Waals surface area contributed by atoms with Crippen LogP contribution in [-0.2, 0) is 0 Å². The molecule has 2 N–H and O–H groups in total. The third kappa shape index (κ3) is 2.99. The highest BCUT2D eigenvalue weighted by Crippen LogP contribution is 2.41. The highest BCUT2D eigenvalue weighted by atomic mass is 15.3. The minimum absolute atomic E-state index is 0.325. The van der Waals surface area contributed by atoms with E-state index in [1.165, 1.54) is 12.8 Å². The molecule has 0 aromatic carbocycles. The zero-order valence-corrected chi connectivity index (χ0v) is 15.8. The number of fused-ring (bicyclic) bond motifs is 3. The molecule has 1 unspecified atom stereocenters. The quantitative estimate of drug-likeness (QED) is 0.703. The van der Waals surface area contributed by atoms with Crippen molar-refractivity contribution < 1.29 is 0 Å². The van der Waals surface area contributed by atoms with Crippen LogP contribution in [0.25, 0.3) is 11.2 Å². The van der Waals surface area contributed by atoms with Crippen molar-refractivity contribution in [1.29, 1.82) is 5.26 Å². The van der Waals surface area contributed by atoms with E-state index in [2.05, 4.69) is 41.2 Å². The van der Waals surface area contributed by atoms with Gasteiger partial charge in [0.05, 0.1) is 24.5 Å². The van der Waals surface area contributed by atoms with E-state index in [1.807, 2.05) is 13.0 Å². The Morgan fingerprint density at radius 2 is 2.04 bits per heavy atom. The van der Waals surface area contributed by atoms with Crippen LogP contribution in [0.4, 0.5) is 11.6 Å². The number of aromatic nitrogens is 6. The van der Waals surface area contributed by atoms with Crippen LogP contribution in [0.3, 0.4) is 0 Å². The van der Waals surface area contributed by atoms with Crippen LogP contribution in [0.2, 0.25) is 0 Å². The smallest absolute Gasteiger partial charge is 0.179 e. The second-order valence-corrected chi connectivity index (χ2v) is 7.77. The van der Waals surface area contributed by atoms with Gasteiger partial charge in [0.25, 0.3) is 0 Å². The lowest BCUT2D eigenvalue weighted by molar-refractivity contribution is 0.106. The van der Waals surface area contributed by atoms with Crippen molar-refractivity contribution in [2.24, 2.45) is 0 Å². The molecule has 9 heteroatoms. The van der Waals surface area contributed by atoms with E-state index in [0.29, 0.717) is 30.4 Å². The Morgan fingerprint density at radius 3 is 2.75 bits per heavy atom. The molecular formula is C19H23N9. The largest absolute Gasteiger partial charge is 0.322 e. The maximum absolute atomic E-state index is 8.93. The SMILES string of the molecule is Cc1cc(Nc2cnc3cnn(C4C[C@H]5CC[C@@H](C4)N5CCC#N)c3n2)n[nH]1. The second kappa shape index (κ2) is 6.87. The molecule has 2 aliphatic rings. The van der Waals surface area contributed by atoms with Gasteiger partial charge in [-0.15, -0.1) is 0 Å². The number of nitriles is 1. The van der Waals surface area contributed by atoms with Crippen LogP contribution in [0.15, 0.2) is 18.5 Å². The summed E-state index contributed by atoms with van der Waals surface area (Å²) in [6.45, 7) is 2.84. The van der Waals surface area contributed by atoms with Crippen molar-refractivity contribution in [2.75, 3.05) is 11.9 Å². The molecule has 2 fully saturated rings. The van der Waals surface area contributed by atoms with Gasteiger partial charge in [-0.2, -0.15) is 15.5 Å². The number of H-pyrrole nitrogens is 1. The zero-order chi connectivity index (χ0) is 19.1. The Bertz CT molecular complexity index is 1020. The molecule has 0 spiro atoms. The topological polar surface area (TPSA) is 111 Å². The summed E-state index contributed by atoms with van der Waals surface area (Å²) in [5, 5.41) is 23.9. The van der Waals surface area contributed by atoms with E-state index in [9.17, 15) is 0 Å². The van der Waals surface area contributed by atoms with Crippen molar-refractivity contribution in [1.82, 2.24) is 34.8 Å². The molecular weight excluding hydrogens is 354 g/mol. The molecule has 2 aliphatic heterocycles. The Labute approximate surface area is 162 Å². The normalized spacial score (nSPS) is 24.5. The number of piperidine rings is 1. The third-order valence-corrected chi connectivity index (χ3v) is 5.95. The fraction of sp³-hybridized carbons (Fsp3) is 0.526. The summed E-state index contributed by atoms with van der Waals surface area (Å²) in [5.41, 5.74) is 2.61. The summed E-state index contributed by atoms with van der Waals surface area (Å²) < 4.78 is 2.05. The molecule has 0 amide bonds. The van der Waals surface area contributed by atoms with E-state index >= 15 is 0 Å². The Morgan fingerprint density at radius 1 is 1.21 bits per heavy atom. The monoisotopic (exact) mass is 377 g/mol. The first-order chi connectivity index (χ1) is 13.7. The highest BCUT2D eigenvalue weighted by Gasteiger charge is 2.41. The molecule has 144 valence electrons. The van der Waals surface area contributed by atoms with Gasteiger partial charge in [0.1, 0.15) is 5.52 Å². The lowest BCUT2D eigenvalue weighted by Gasteiger charge is -2.38. The second-order valence-electron chi connectivity index (χ2n) is 7.77. The van der Waals surface area contributed by atoms with Crippen molar-refractivity contribution >= 4 is 22.8 Å². The zero-order valence-electron chi connectivity index (χ0n) is 15.8. The van der Waals surface area contributed by atoms with Gasteiger partial charge in [-0.3, -0.25) is 10.00 Å². The average Bonchev–Trinajstić information content (AvgIpc) is 3.36. The maximum atomic E-state index is 8.93. The van der Waals surface area contributed by atoms with Crippen molar-refractivity contribution in [3.63, 3.8) is 0 Å². The first kappa shape index (κ1) is 17.1. The number of hydrogen-bond donors (Lipinski definition) is 2. The average molecular weight is 377 g/mol. The van der Waals surface area contributed by atoms with E-state index in [-0.39, 0.29) is 0 Å². The molecule has 9 nitrogen and oxygen atoms in total. The highest BCUT2D eigenvalue weighted by molar-refractivity contribution is 5.72. The van der Waals surface area contributed by atoms with Gasteiger partial charge in [0.15, 0.2) is 17.3 Å². The van der Waals surface area contributed by atoms with Gasteiger partial charge in [-0.1, -0.05) is 0 Å². The summed E-state index contributed by atoms with van der Waals surface area (Å²) >= 11 is 0. The molecule has 0 radical (unpaired) electrons. The Balaban J connectivity index is 1.39. The van der Waals surface area contributed by atoms with Crippen molar-refractivity contribution in [3.8, 4) is 6.07 Å². The summed E-state index contributed by atoms with van der Waals surface area (Å²) in [6, 6.07) is 5.61. The molecule has 0 saturated carbocycles. The minimum atomic E-state index is 0.325. The van der Waals surface area contributed by atoms with Gasteiger partial charge in [-0.05, 0) is 32.6 Å². The predicted molar refractivity (Wildman–Crippen MR) is 104 cm³/mol. The molecule has 28 heavy (non-hydrogen) atoms. The maximum Gasteiger partial charge on any atom is 0.179 e. The van der Waals surface area contributed by atoms with Crippen molar-refractivity contribution in [2.45, 2.75) is 57.2 Å². The van der Waals surface area contributed by atoms with Gasteiger partial charge >= 0.3 is 0 Å². The van der Waals surface area contributed by atoms with E-state index in [0.717, 1.165) is 42.1 Å². The molecule has 3 atom stereocenters. The van der Waals surface area contributed by atoms with E-state index in [1.54, 1.807) is 12.4 Å². The molecule has 3 aromatic rings. The lowest BCUT2D eigenvalue weighted by atomic mass is 9.97. The summed E-state index contributed by atoms with van der Waals surface area (Å²) in [6.07, 6.45) is 8.65. The van der Waals surface area contributed by atoms with Gasteiger partial charge < -0.3 is 5.32 Å². The number of aryl methyl sites for hydroxylation is 1. The van der Waals surface area contributed by atoms with Gasteiger partial charge in [-0.25, -0.2) is 14.6 Å². The van der Waals surface area contributed by atoms with Crippen LogP contribution >= 0.6 is 0 Å². The first-order valence-corrected chi connectivity index (χ1v) is 9.83. The van der Waals surface area contributed by atoms with Gasteiger partial charge in [0.2, 0.25) is 0 Å². The van der Waals surface area contributed by atoms with Crippen LogP contribution in [-0.4, -0.2) is 53.5 Å². The number of anilines is 2. The van der Waals surface area contributed by atoms with Crippen LogP contribution in [0.5, 0.6) is 0 Å². The van der Waals surface area contributed by atoms with E-state index in [4.69, 9.17) is 10.2 Å². The Hall–Kier alpha value is -2.99. The third-order valence-electron chi connectivity index (χ3n) is 5.95. The van der Waals surface area contributed by atoms with Gasteiger partial charge in [0, 0.05) is 36.8 Å². The predicted octanol–water partition coefficient (Wildman–Crippen LogP) is 2.68. The molecule has 0 aliphatic carbocycles. The fourth-order valence-electron chi connectivity index (χ4n) is 4.75. The summed E-state index contributed by atoms with van der Waals surface area (Å²) in [7, 11) is 0. The number of rotatable bonds is 5. The lowest BCUT2D eigenvalue weighted by Crippen LogP contribution is -2.43. The summed E-state index contributed by atoms with van der Waals surface area (Å²) in [4.78, 5) is 11.8. The molecule has 2 saturated heterocycles. The molecule has 3 aromatic heterocycles. The number of nitrogens with zero attached hydrogens (tertiary/aromatic N) is 7. The Kier molecular flexibility index (Phi) is 4.20. The standard InChI is InChI=1S/C19H23N9/c1-12-7-17(26-25-12)23-18-11-21-16-10-22-28(19(16)24-18)15-8-13-3-4-14(9-15)27(13)6-2-5-20/h7,10-11,13-15H,2-4,6,8-9H2,1H3,(H2,23,24,25,26)/t13-,14+,15?. The number of nitrogens with one attached hydrogen (secondary N) is 2. The molecule has 5 rings (SSSR count). The fourth-order valence-corrected chi connectivity index (χ4v) is 4.75. The minimum Gasteiger partial charge on any atom is -0.322 e. The van der Waals surface area contributed by atoms with Crippen molar-refractivity contribution in [3.05, 3.63) is 24.2 Å². The first-order valence-electron chi connectivity index (χ1n) is 9.83. The number of hydrogen-bond acceptors (Lipinski definition) is 7.